The maximum atomic E-state index is 10.1. The van der Waals surface area contributed by atoms with E-state index in [4.69, 9.17) is 0 Å². The Bertz CT molecular complexity index is 570. The van der Waals surface area contributed by atoms with Crippen LogP contribution < -0.4 is 10.6 Å². The highest BCUT2D eigenvalue weighted by molar-refractivity contribution is 5.53. The number of benzene rings is 2. The molecule has 3 nitrogen and oxygen atoms in total. The Labute approximate surface area is 126 Å². The SMILES string of the molecule is OC(CNCC1CCc2ccccc2N1)c1ccccc1. The molecule has 3 rings (SSSR count). The van der Waals surface area contributed by atoms with Crippen molar-refractivity contribution in [1.82, 2.24) is 5.32 Å². The monoisotopic (exact) mass is 282 g/mol. The van der Waals surface area contributed by atoms with Crippen LogP contribution in [0.15, 0.2) is 54.6 Å². The van der Waals surface area contributed by atoms with E-state index in [1.54, 1.807) is 0 Å². The van der Waals surface area contributed by atoms with E-state index >= 15 is 0 Å². The summed E-state index contributed by atoms with van der Waals surface area (Å²) < 4.78 is 0. The first-order valence-electron chi connectivity index (χ1n) is 7.61. The molecule has 0 fully saturated rings. The van der Waals surface area contributed by atoms with Gasteiger partial charge in [-0.3, -0.25) is 0 Å². The molecule has 0 saturated heterocycles. The topological polar surface area (TPSA) is 44.3 Å². The van der Waals surface area contributed by atoms with Gasteiger partial charge in [0, 0.05) is 24.8 Å². The Balaban J connectivity index is 1.47. The van der Waals surface area contributed by atoms with Crippen LogP contribution in [0.3, 0.4) is 0 Å². The fourth-order valence-corrected chi connectivity index (χ4v) is 2.84. The largest absolute Gasteiger partial charge is 0.387 e. The molecular weight excluding hydrogens is 260 g/mol. The van der Waals surface area contributed by atoms with Gasteiger partial charge in [-0.15, -0.1) is 0 Å². The van der Waals surface area contributed by atoms with E-state index in [1.165, 1.54) is 11.3 Å². The van der Waals surface area contributed by atoms with Crippen LogP contribution in [0.2, 0.25) is 0 Å². The molecule has 1 aliphatic heterocycles. The van der Waals surface area contributed by atoms with Crippen LogP contribution in [0.4, 0.5) is 5.69 Å². The standard InChI is InChI=1S/C18H22N2O/c21-18(15-7-2-1-3-8-15)13-19-12-16-11-10-14-6-4-5-9-17(14)20-16/h1-9,16,18-21H,10-13H2. The van der Waals surface area contributed by atoms with E-state index in [-0.39, 0.29) is 0 Å². The summed E-state index contributed by atoms with van der Waals surface area (Å²) in [5, 5.41) is 17.1. The molecule has 3 heteroatoms. The second kappa shape index (κ2) is 6.74. The normalized spacial score (nSPS) is 18.6. The van der Waals surface area contributed by atoms with Crippen molar-refractivity contribution in [2.45, 2.75) is 25.0 Å². The van der Waals surface area contributed by atoms with Crippen LogP contribution in [-0.4, -0.2) is 24.2 Å². The number of para-hydroxylation sites is 1. The van der Waals surface area contributed by atoms with Crippen molar-refractivity contribution >= 4 is 5.69 Å². The maximum Gasteiger partial charge on any atom is 0.0914 e. The number of aliphatic hydroxyl groups excluding tert-OH is 1. The number of hydrogen-bond donors (Lipinski definition) is 3. The highest BCUT2D eigenvalue weighted by Crippen LogP contribution is 2.23. The minimum Gasteiger partial charge on any atom is -0.387 e. The van der Waals surface area contributed by atoms with E-state index in [0.717, 1.165) is 24.9 Å². The van der Waals surface area contributed by atoms with Crippen LogP contribution in [0.25, 0.3) is 0 Å². The lowest BCUT2D eigenvalue weighted by Crippen LogP contribution is -2.37. The summed E-state index contributed by atoms with van der Waals surface area (Å²) in [6.07, 6.45) is 1.81. The number of hydrogen-bond acceptors (Lipinski definition) is 3. The van der Waals surface area contributed by atoms with Crippen LogP contribution in [-0.2, 0) is 6.42 Å². The van der Waals surface area contributed by atoms with Crippen LogP contribution >= 0.6 is 0 Å². The zero-order valence-corrected chi connectivity index (χ0v) is 12.1. The second-order valence-corrected chi connectivity index (χ2v) is 5.62. The summed E-state index contributed by atoms with van der Waals surface area (Å²) in [7, 11) is 0. The number of anilines is 1. The number of rotatable bonds is 5. The molecule has 110 valence electrons. The van der Waals surface area contributed by atoms with E-state index in [9.17, 15) is 5.11 Å². The Morgan fingerprint density at radius 2 is 1.86 bits per heavy atom. The lowest BCUT2D eigenvalue weighted by molar-refractivity contribution is 0.174. The first-order chi connectivity index (χ1) is 10.3. The second-order valence-electron chi connectivity index (χ2n) is 5.62. The van der Waals surface area contributed by atoms with E-state index in [0.29, 0.717) is 12.6 Å². The third-order valence-electron chi connectivity index (χ3n) is 4.05. The first kappa shape index (κ1) is 14.1. The molecule has 1 heterocycles. The number of nitrogens with one attached hydrogen (secondary N) is 2. The molecule has 2 unspecified atom stereocenters. The van der Waals surface area contributed by atoms with Crippen molar-refractivity contribution in [3.63, 3.8) is 0 Å². The van der Waals surface area contributed by atoms with Gasteiger partial charge in [-0.1, -0.05) is 48.5 Å². The maximum absolute atomic E-state index is 10.1. The fourth-order valence-electron chi connectivity index (χ4n) is 2.84. The zero-order valence-electron chi connectivity index (χ0n) is 12.1. The molecule has 2 atom stereocenters. The van der Waals surface area contributed by atoms with Crippen molar-refractivity contribution in [2.75, 3.05) is 18.4 Å². The third-order valence-corrected chi connectivity index (χ3v) is 4.05. The average Bonchev–Trinajstić information content (AvgIpc) is 2.55. The molecule has 21 heavy (non-hydrogen) atoms. The summed E-state index contributed by atoms with van der Waals surface area (Å²) in [6.45, 7) is 1.46. The molecule has 0 aliphatic carbocycles. The van der Waals surface area contributed by atoms with Gasteiger partial charge in [0.1, 0.15) is 0 Å². The zero-order chi connectivity index (χ0) is 14.5. The van der Waals surface area contributed by atoms with Gasteiger partial charge in [-0.25, -0.2) is 0 Å². The highest BCUT2D eigenvalue weighted by Gasteiger charge is 2.17. The van der Waals surface area contributed by atoms with Crippen molar-refractivity contribution in [1.29, 1.82) is 0 Å². The predicted octanol–water partition coefficient (Wildman–Crippen LogP) is 2.74. The van der Waals surface area contributed by atoms with E-state index < -0.39 is 6.10 Å². The Hall–Kier alpha value is -1.84. The van der Waals surface area contributed by atoms with E-state index in [2.05, 4.69) is 34.9 Å². The molecular formula is C18H22N2O. The van der Waals surface area contributed by atoms with Crippen molar-refractivity contribution < 1.29 is 5.11 Å². The summed E-state index contributed by atoms with van der Waals surface area (Å²) in [5.74, 6) is 0. The van der Waals surface area contributed by atoms with Crippen molar-refractivity contribution in [3.05, 3.63) is 65.7 Å². The van der Waals surface area contributed by atoms with Crippen molar-refractivity contribution in [2.24, 2.45) is 0 Å². The van der Waals surface area contributed by atoms with Gasteiger partial charge in [0.05, 0.1) is 6.10 Å². The molecule has 0 bridgehead atoms. The lowest BCUT2D eigenvalue weighted by Gasteiger charge is -2.27. The molecule has 0 amide bonds. The van der Waals surface area contributed by atoms with Crippen LogP contribution in [0, 0.1) is 0 Å². The Morgan fingerprint density at radius 1 is 1.10 bits per heavy atom. The Morgan fingerprint density at radius 3 is 2.71 bits per heavy atom. The molecule has 0 radical (unpaired) electrons. The van der Waals surface area contributed by atoms with Gasteiger partial charge in [-0.05, 0) is 30.0 Å². The van der Waals surface area contributed by atoms with Crippen LogP contribution in [0.1, 0.15) is 23.7 Å². The third kappa shape index (κ3) is 3.63. The van der Waals surface area contributed by atoms with Gasteiger partial charge in [-0.2, -0.15) is 0 Å². The molecule has 3 N–H and O–H groups in total. The molecule has 0 spiro atoms. The van der Waals surface area contributed by atoms with Gasteiger partial charge in [0.2, 0.25) is 0 Å². The molecule has 0 saturated carbocycles. The smallest absolute Gasteiger partial charge is 0.0914 e. The molecule has 0 aromatic heterocycles. The van der Waals surface area contributed by atoms with Gasteiger partial charge in [0.15, 0.2) is 0 Å². The quantitative estimate of drug-likeness (QED) is 0.790. The summed E-state index contributed by atoms with van der Waals surface area (Å²) in [4.78, 5) is 0. The van der Waals surface area contributed by atoms with Crippen molar-refractivity contribution in [3.8, 4) is 0 Å². The predicted molar refractivity (Wildman–Crippen MR) is 86.4 cm³/mol. The average molecular weight is 282 g/mol. The molecule has 2 aromatic carbocycles. The summed E-state index contributed by atoms with van der Waals surface area (Å²) in [6, 6.07) is 18.7. The fraction of sp³-hybridized carbons (Fsp3) is 0.333. The van der Waals surface area contributed by atoms with Crippen LogP contribution in [0.5, 0.6) is 0 Å². The number of fused-ring (bicyclic) bond motifs is 1. The number of aryl methyl sites for hydroxylation is 1. The molecule has 1 aliphatic rings. The number of aliphatic hydroxyl groups is 1. The minimum absolute atomic E-state index is 0.433. The van der Waals surface area contributed by atoms with E-state index in [1.807, 2.05) is 30.3 Å². The van der Waals surface area contributed by atoms with Gasteiger partial charge >= 0.3 is 0 Å². The summed E-state index contributed by atoms with van der Waals surface area (Å²) in [5.41, 5.74) is 3.61. The lowest BCUT2D eigenvalue weighted by atomic mass is 9.98. The van der Waals surface area contributed by atoms with Gasteiger partial charge in [0.25, 0.3) is 0 Å². The summed E-state index contributed by atoms with van der Waals surface area (Å²) >= 11 is 0. The first-order valence-corrected chi connectivity index (χ1v) is 7.61. The Kier molecular flexibility index (Phi) is 4.53. The van der Waals surface area contributed by atoms with Gasteiger partial charge < -0.3 is 15.7 Å². The minimum atomic E-state index is -0.443. The highest BCUT2D eigenvalue weighted by atomic mass is 16.3. The molecule has 2 aromatic rings.